The molecule has 1 aliphatic rings. The van der Waals surface area contributed by atoms with Crippen LogP contribution in [0.3, 0.4) is 0 Å². The fourth-order valence-corrected chi connectivity index (χ4v) is 5.28. The summed E-state index contributed by atoms with van der Waals surface area (Å²) in [5.74, 6) is -0.712. The minimum absolute atomic E-state index is 0.198. The van der Waals surface area contributed by atoms with Gasteiger partial charge in [-0.3, -0.25) is 4.79 Å². The molecule has 2 heterocycles. The van der Waals surface area contributed by atoms with Gasteiger partial charge in [-0.05, 0) is 55.2 Å². The number of aryl methyl sites for hydroxylation is 1. The molecule has 1 aliphatic heterocycles. The second kappa shape index (κ2) is 9.62. The molecule has 1 N–H and O–H groups in total. The van der Waals surface area contributed by atoms with Gasteiger partial charge >= 0.3 is 0 Å². The summed E-state index contributed by atoms with van der Waals surface area (Å²) in [4.78, 5) is 16.5. The van der Waals surface area contributed by atoms with Crippen molar-refractivity contribution in [2.24, 2.45) is 0 Å². The van der Waals surface area contributed by atoms with Crippen LogP contribution in [-0.2, 0) is 21.2 Å². The van der Waals surface area contributed by atoms with E-state index in [1.165, 1.54) is 16.7 Å². The summed E-state index contributed by atoms with van der Waals surface area (Å²) in [5.41, 5.74) is 1.58. The molecule has 1 saturated heterocycles. The van der Waals surface area contributed by atoms with E-state index in [1.54, 1.807) is 53.4 Å². The van der Waals surface area contributed by atoms with E-state index >= 15 is 0 Å². The van der Waals surface area contributed by atoms with Crippen molar-refractivity contribution in [3.63, 3.8) is 0 Å². The Balaban J connectivity index is 1.33. The van der Waals surface area contributed by atoms with Gasteiger partial charge in [-0.15, -0.1) is 0 Å². The SMILES string of the molecule is O=C(CCc1ccc(S(=O)(=O)N2CCCCC2)cc1)Nc1ccc(-n2ccnc2)c(F)c1. The number of hydrogen-bond donors (Lipinski definition) is 1. The Morgan fingerprint density at radius 1 is 1.06 bits per heavy atom. The van der Waals surface area contributed by atoms with Crippen molar-refractivity contribution in [2.75, 3.05) is 18.4 Å². The first kappa shape index (κ1) is 22.2. The number of rotatable bonds is 7. The van der Waals surface area contributed by atoms with Crippen LogP contribution in [-0.4, -0.2) is 41.3 Å². The van der Waals surface area contributed by atoms with Crippen molar-refractivity contribution >= 4 is 21.6 Å². The number of nitrogens with one attached hydrogen (secondary N) is 1. The highest BCUT2D eigenvalue weighted by Crippen LogP contribution is 2.22. The van der Waals surface area contributed by atoms with Gasteiger partial charge in [0.2, 0.25) is 15.9 Å². The molecule has 4 rings (SSSR count). The Morgan fingerprint density at radius 3 is 2.47 bits per heavy atom. The highest BCUT2D eigenvalue weighted by molar-refractivity contribution is 7.89. The van der Waals surface area contributed by atoms with Crippen LogP contribution in [0.4, 0.5) is 10.1 Å². The Labute approximate surface area is 186 Å². The summed E-state index contributed by atoms with van der Waals surface area (Å²) in [6, 6.07) is 11.2. The second-order valence-corrected chi connectivity index (χ2v) is 9.73. The maximum Gasteiger partial charge on any atom is 0.243 e. The van der Waals surface area contributed by atoms with Crippen LogP contribution in [0.2, 0.25) is 0 Å². The monoisotopic (exact) mass is 456 g/mol. The Morgan fingerprint density at radius 2 is 1.81 bits per heavy atom. The lowest BCUT2D eigenvalue weighted by Crippen LogP contribution is -2.35. The minimum Gasteiger partial charge on any atom is -0.326 e. The van der Waals surface area contributed by atoms with E-state index in [0.717, 1.165) is 24.8 Å². The van der Waals surface area contributed by atoms with E-state index < -0.39 is 15.8 Å². The zero-order chi connectivity index (χ0) is 22.6. The smallest absolute Gasteiger partial charge is 0.243 e. The Hall–Kier alpha value is -3.04. The van der Waals surface area contributed by atoms with Crippen LogP contribution in [0, 0.1) is 5.82 Å². The van der Waals surface area contributed by atoms with Gasteiger partial charge in [0.1, 0.15) is 5.82 Å². The largest absolute Gasteiger partial charge is 0.326 e. The molecule has 1 aromatic heterocycles. The molecule has 0 aliphatic carbocycles. The number of aromatic nitrogens is 2. The third-order valence-electron chi connectivity index (χ3n) is 5.53. The van der Waals surface area contributed by atoms with Gasteiger partial charge in [0, 0.05) is 37.6 Å². The molecule has 1 amide bonds. The van der Waals surface area contributed by atoms with Crippen molar-refractivity contribution < 1.29 is 17.6 Å². The lowest BCUT2D eigenvalue weighted by molar-refractivity contribution is -0.116. The topological polar surface area (TPSA) is 84.3 Å². The maximum atomic E-state index is 14.3. The first-order valence-corrected chi connectivity index (χ1v) is 12.0. The number of nitrogens with zero attached hydrogens (tertiary/aromatic N) is 3. The number of halogens is 1. The number of hydrogen-bond acceptors (Lipinski definition) is 4. The van der Waals surface area contributed by atoms with Gasteiger partial charge in [-0.25, -0.2) is 17.8 Å². The van der Waals surface area contributed by atoms with Crippen LogP contribution in [0.15, 0.2) is 66.1 Å². The van der Waals surface area contributed by atoms with Gasteiger partial charge in [0.25, 0.3) is 0 Å². The van der Waals surface area contributed by atoms with Gasteiger partial charge in [0.15, 0.2) is 0 Å². The molecule has 32 heavy (non-hydrogen) atoms. The number of amides is 1. The molecule has 7 nitrogen and oxygen atoms in total. The quantitative estimate of drug-likeness (QED) is 0.587. The van der Waals surface area contributed by atoms with Gasteiger partial charge in [-0.2, -0.15) is 4.31 Å². The van der Waals surface area contributed by atoms with E-state index in [0.29, 0.717) is 30.9 Å². The van der Waals surface area contributed by atoms with Crippen molar-refractivity contribution in [2.45, 2.75) is 37.0 Å². The van der Waals surface area contributed by atoms with Crippen LogP contribution < -0.4 is 5.32 Å². The van der Waals surface area contributed by atoms with E-state index in [9.17, 15) is 17.6 Å². The number of benzene rings is 2. The fourth-order valence-electron chi connectivity index (χ4n) is 3.76. The van der Waals surface area contributed by atoms with E-state index in [4.69, 9.17) is 0 Å². The third-order valence-corrected chi connectivity index (χ3v) is 7.44. The summed E-state index contributed by atoms with van der Waals surface area (Å²) < 4.78 is 42.9. The number of sulfonamides is 1. The second-order valence-electron chi connectivity index (χ2n) is 7.79. The normalized spacial score (nSPS) is 14.9. The molecule has 0 saturated carbocycles. The third kappa shape index (κ3) is 5.05. The number of carbonyl (C=O) groups excluding carboxylic acids is 1. The molecule has 168 valence electrons. The summed E-state index contributed by atoms with van der Waals surface area (Å²) in [5, 5.41) is 2.70. The molecule has 1 fully saturated rings. The van der Waals surface area contributed by atoms with Crippen LogP contribution in [0.5, 0.6) is 0 Å². The van der Waals surface area contributed by atoms with Crippen molar-refractivity contribution in [1.29, 1.82) is 0 Å². The minimum atomic E-state index is -3.46. The summed E-state index contributed by atoms with van der Waals surface area (Å²) in [7, 11) is -3.46. The summed E-state index contributed by atoms with van der Waals surface area (Å²) in [6.45, 7) is 1.13. The molecule has 0 unspecified atom stereocenters. The average molecular weight is 457 g/mol. The molecule has 0 spiro atoms. The van der Waals surface area contributed by atoms with Crippen molar-refractivity contribution in [3.8, 4) is 5.69 Å². The molecule has 0 radical (unpaired) electrons. The van der Waals surface area contributed by atoms with Crippen LogP contribution in [0.1, 0.15) is 31.2 Å². The van der Waals surface area contributed by atoms with Gasteiger partial charge in [-0.1, -0.05) is 18.6 Å². The standard InChI is InChI=1S/C23H25FN4O3S/c24-21-16-19(7-10-22(21)27-15-12-25-17-27)26-23(29)11-6-18-4-8-20(9-5-18)32(30,31)28-13-2-1-3-14-28/h4-5,7-10,12,15-17H,1-3,6,11,13-14H2,(H,26,29). The molecule has 2 aromatic carbocycles. The van der Waals surface area contributed by atoms with Crippen molar-refractivity contribution in [3.05, 3.63) is 72.6 Å². The number of carbonyl (C=O) groups is 1. The van der Waals surface area contributed by atoms with Crippen molar-refractivity contribution in [1.82, 2.24) is 13.9 Å². The Kier molecular flexibility index (Phi) is 6.66. The van der Waals surface area contributed by atoms with E-state index in [2.05, 4.69) is 10.3 Å². The zero-order valence-electron chi connectivity index (χ0n) is 17.6. The number of piperidine rings is 1. The predicted molar refractivity (Wildman–Crippen MR) is 120 cm³/mol. The molecule has 3 aromatic rings. The van der Waals surface area contributed by atoms with Gasteiger partial charge in [0.05, 0.1) is 16.9 Å². The van der Waals surface area contributed by atoms with Crippen LogP contribution in [0.25, 0.3) is 5.69 Å². The number of anilines is 1. The highest BCUT2D eigenvalue weighted by Gasteiger charge is 2.25. The summed E-state index contributed by atoms with van der Waals surface area (Å²) in [6.07, 6.45) is 8.19. The maximum absolute atomic E-state index is 14.3. The predicted octanol–water partition coefficient (Wildman–Crippen LogP) is 3.76. The number of imidazole rings is 1. The van der Waals surface area contributed by atoms with Crippen LogP contribution >= 0.6 is 0 Å². The lowest BCUT2D eigenvalue weighted by atomic mass is 10.1. The lowest BCUT2D eigenvalue weighted by Gasteiger charge is -2.25. The molecular formula is C23H25FN4O3S. The zero-order valence-corrected chi connectivity index (χ0v) is 18.4. The molecular weight excluding hydrogens is 431 g/mol. The molecule has 9 heteroatoms. The Bertz CT molecular complexity index is 1170. The van der Waals surface area contributed by atoms with Gasteiger partial charge < -0.3 is 9.88 Å². The van der Waals surface area contributed by atoms with E-state index in [1.807, 2.05) is 0 Å². The average Bonchev–Trinajstić information content (AvgIpc) is 3.33. The highest BCUT2D eigenvalue weighted by atomic mass is 32.2. The first-order chi connectivity index (χ1) is 15.4. The molecule has 0 atom stereocenters. The fraction of sp³-hybridized carbons (Fsp3) is 0.304. The first-order valence-electron chi connectivity index (χ1n) is 10.6. The summed E-state index contributed by atoms with van der Waals surface area (Å²) >= 11 is 0. The van der Waals surface area contributed by atoms with E-state index in [-0.39, 0.29) is 17.2 Å². The molecule has 0 bridgehead atoms.